The van der Waals surface area contributed by atoms with E-state index in [1.807, 2.05) is 40.7 Å². The lowest BCUT2D eigenvalue weighted by Gasteiger charge is -2.32. The summed E-state index contributed by atoms with van der Waals surface area (Å²) in [5, 5.41) is 2.81. The molecule has 208 valence electrons. The Bertz CT molecular complexity index is 1400. The fraction of sp³-hybridized carbons (Fsp3) is 0.333. The van der Waals surface area contributed by atoms with Gasteiger partial charge in [0.05, 0.1) is 10.6 Å². The normalized spacial score (nSPS) is 12.2. The van der Waals surface area contributed by atoms with Crippen LogP contribution in [0.4, 0.5) is 10.1 Å². The van der Waals surface area contributed by atoms with Gasteiger partial charge in [-0.15, -0.1) is 0 Å². The van der Waals surface area contributed by atoms with Gasteiger partial charge in [0, 0.05) is 12.6 Å². The maximum absolute atomic E-state index is 13.9. The van der Waals surface area contributed by atoms with Crippen LogP contribution in [0.3, 0.4) is 0 Å². The van der Waals surface area contributed by atoms with Crippen LogP contribution in [0.15, 0.2) is 71.6 Å². The molecular weight excluding hydrogens is 517 g/mol. The summed E-state index contributed by atoms with van der Waals surface area (Å²) >= 11 is 0. The Balaban J connectivity index is 2.06. The molecule has 0 aliphatic rings. The SMILES string of the molecule is Cc1ccc(S(=O)(=O)N(CC(=O)N(Cc2ccc(F)cc2)C(C)C(=O)NC(C)C)c2cc(C)cc(C)c2)cc1. The highest BCUT2D eigenvalue weighted by molar-refractivity contribution is 7.92. The average molecular weight is 554 g/mol. The summed E-state index contributed by atoms with van der Waals surface area (Å²) < 4.78 is 42.4. The number of nitrogens with zero attached hydrogens (tertiary/aromatic N) is 2. The van der Waals surface area contributed by atoms with Crippen LogP contribution in [0, 0.1) is 26.6 Å². The minimum atomic E-state index is -4.14. The number of hydrogen-bond donors (Lipinski definition) is 1. The molecule has 0 aliphatic heterocycles. The van der Waals surface area contributed by atoms with Crippen molar-refractivity contribution in [2.45, 2.75) is 65.1 Å². The van der Waals surface area contributed by atoms with E-state index < -0.39 is 34.3 Å². The number of aryl methyl sites for hydroxylation is 3. The summed E-state index contributed by atoms with van der Waals surface area (Å²) in [6.07, 6.45) is 0. The monoisotopic (exact) mass is 553 g/mol. The first-order valence-electron chi connectivity index (χ1n) is 12.8. The van der Waals surface area contributed by atoms with Gasteiger partial charge >= 0.3 is 0 Å². The first-order valence-corrected chi connectivity index (χ1v) is 14.2. The molecule has 0 bridgehead atoms. The van der Waals surface area contributed by atoms with Gasteiger partial charge in [0.25, 0.3) is 10.0 Å². The van der Waals surface area contributed by atoms with Crippen molar-refractivity contribution in [1.29, 1.82) is 0 Å². The van der Waals surface area contributed by atoms with E-state index in [2.05, 4.69) is 5.32 Å². The molecule has 0 radical (unpaired) electrons. The lowest BCUT2D eigenvalue weighted by atomic mass is 10.1. The van der Waals surface area contributed by atoms with E-state index in [-0.39, 0.29) is 23.4 Å². The average Bonchev–Trinajstić information content (AvgIpc) is 2.85. The molecule has 0 fully saturated rings. The molecule has 39 heavy (non-hydrogen) atoms. The topological polar surface area (TPSA) is 86.8 Å². The first-order chi connectivity index (χ1) is 18.3. The Kier molecular flexibility index (Phi) is 9.50. The summed E-state index contributed by atoms with van der Waals surface area (Å²) in [4.78, 5) is 28.2. The van der Waals surface area contributed by atoms with Crippen LogP contribution in [-0.2, 0) is 26.2 Å². The van der Waals surface area contributed by atoms with Gasteiger partial charge in [-0.3, -0.25) is 13.9 Å². The second kappa shape index (κ2) is 12.4. The number of benzene rings is 3. The van der Waals surface area contributed by atoms with Crippen molar-refractivity contribution in [1.82, 2.24) is 10.2 Å². The van der Waals surface area contributed by atoms with E-state index in [0.717, 1.165) is 21.0 Å². The van der Waals surface area contributed by atoms with Crippen molar-refractivity contribution in [3.8, 4) is 0 Å². The fourth-order valence-electron chi connectivity index (χ4n) is 4.24. The van der Waals surface area contributed by atoms with E-state index >= 15 is 0 Å². The minimum absolute atomic E-state index is 0.00292. The summed E-state index contributed by atoms with van der Waals surface area (Å²) in [5.74, 6) is -1.37. The molecule has 1 N–H and O–H groups in total. The zero-order valence-electron chi connectivity index (χ0n) is 23.2. The third kappa shape index (κ3) is 7.66. The second-order valence-corrected chi connectivity index (χ2v) is 12.0. The van der Waals surface area contributed by atoms with Gasteiger partial charge in [-0.05, 0) is 94.6 Å². The molecule has 3 rings (SSSR count). The highest BCUT2D eigenvalue weighted by Gasteiger charge is 2.32. The van der Waals surface area contributed by atoms with Crippen molar-refractivity contribution >= 4 is 27.5 Å². The van der Waals surface area contributed by atoms with E-state index in [1.54, 1.807) is 31.2 Å². The zero-order chi connectivity index (χ0) is 28.9. The second-order valence-electron chi connectivity index (χ2n) is 10.2. The van der Waals surface area contributed by atoms with Crippen LogP contribution >= 0.6 is 0 Å². The number of halogens is 1. The van der Waals surface area contributed by atoms with Gasteiger partial charge in [0.2, 0.25) is 11.8 Å². The molecule has 0 saturated carbocycles. The molecule has 3 aromatic carbocycles. The number of nitrogens with one attached hydrogen (secondary N) is 1. The fourth-order valence-corrected chi connectivity index (χ4v) is 5.63. The molecule has 0 saturated heterocycles. The molecule has 7 nitrogen and oxygen atoms in total. The molecule has 9 heteroatoms. The van der Waals surface area contributed by atoms with Gasteiger partial charge in [-0.1, -0.05) is 35.9 Å². The van der Waals surface area contributed by atoms with Gasteiger partial charge in [0.1, 0.15) is 18.4 Å². The van der Waals surface area contributed by atoms with Crippen molar-refractivity contribution < 1.29 is 22.4 Å². The number of amides is 2. The van der Waals surface area contributed by atoms with Gasteiger partial charge in [0.15, 0.2) is 0 Å². The van der Waals surface area contributed by atoms with Crippen LogP contribution in [0.2, 0.25) is 0 Å². The van der Waals surface area contributed by atoms with Crippen molar-refractivity contribution in [3.63, 3.8) is 0 Å². The van der Waals surface area contributed by atoms with E-state index in [0.29, 0.717) is 11.3 Å². The summed E-state index contributed by atoms with van der Waals surface area (Å²) in [6, 6.07) is 16.3. The summed E-state index contributed by atoms with van der Waals surface area (Å²) in [6.45, 7) is 10.3. The minimum Gasteiger partial charge on any atom is -0.352 e. The van der Waals surface area contributed by atoms with Gasteiger partial charge in [-0.2, -0.15) is 0 Å². The molecule has 2 amide bonds. The number of carbonyl (C=O) groups excluding carboxylic acids is 2. The highest BCUT2D eigenvalue weighted by Crippen LogP contribution is 2.27. The Morgan fingerprint density at radius 2 is 1.41 bits per heavy atom. The molecule has 1 atom stereocenters. The largest absolute Gasteiger partial charge is 0.352 e. The zero-order valence-corrected chi connectivity index (χ0v) is 24.0. The molecule has 0 aromatic heterocycles. The highest BCUT2D eigenvalue weighted by atomic mass is 32.2. The van der Waals surface area contributed by atoms with Crippen molar-refractivity contribution in [2.24, 2.45) is 0 Å². The lowest BCUT2D eigenvalue weighted by molar-refractivity contribution is -0.139. The van der Waals surface area contributed by atoms with E-state index in [9.17, 15) is 22.4 Å². The van der Waals surface area contributed by atoms with Crippen LogP contribution in [0.1, 0.15) is 43.0 Å². The maximum atomic E-state index is 13.9. The van der Waals surface area contributed by atoms with Gasteiger partial charge < -0.3 is 10.2 Å². The third-order valence-electron chi connectivity index (χ3n) is 6.25. The van der Waals surface area contributed by atoms with Crippen LogP contribution < -0.4 is 9.62 Å². The van der Waals surface area contributed by atoms with Gasteiger partial charge in [-0.25, -0.2) is 12.8 Å². The van der Waals surface area contributed by atoms with Crippen LogP contribution in [-0.4, -0.2) is 43.8 Å². The Morgan fingerprint density at radius 1 is 0.846 bits per heavy atom. The number of rotatable bonds is 10. The molecular formula is C30H36FN3O4S. The van der Waals surface area contributed by atoms with Crippen molar-refractivity contribution in [2.75, 3.05) is 10.8 Å². The Morgan fingerprint density at radius 3 is 1.95 bits per heavy atom. The predicted octanol–water partition coefficient (Wildman–Crippen LogP) is 4.89. The number of hydrogen-bond acceptors (Lipinski definition) is 4. The molecule has 0 heterocycles. The van der Waals surface area contributed by atoms with Crippen LogP contribution in [0.5, 0.6) is 0 Å². The number of anilines is 1. The number of carbonyl (C=O) groups is 2. The molecule has 3 aromatic rings. The Labute approximate surface area is 230 Å². The Hall–Kier alpha value is -3.72. The molecule has 0 aliphatic carbocycles. The summed E-state index contributed by atoms with van der Waals surface area (Å²) in [7, 11) is -4.14. The standard InChI is InChI=1S/C30H36FN3O4S/c1-20(2)32-30(36)24(6)33(18-25-9-11-26(31)12-10-25)29(35)19-34(27-16-22(4)15-23(5)17-27)39(37,38)28-13-7-21(3)8-14-28/h7-17,20,24H,18-19H2,1-6H3,(H,32,36). The smallest absolute Gasteiger partial charge is 0.264 e. The van der Waals surface area contributed by atoms with E-state index in [4.69, 9.17) is 0 Å². The molecule has 0 spiro atoms. The molecule has 1 unspecified atom stereocenters. The van der Waals surface area contributed by atoms with E-state index in [1.165, 1.54) is 41.3 Å². The quantitative estimate of drug-likeness (QED) is 0.387. The maximum Gasteiger partial charge on any atom is 0.264 e. The predicted molar refractivity (Wildman–Crippen MR) is 151 cm³/mol. The van der Waals surface area contributed by atoms with Crippen molar-refractivity contribution in [3.05, 3.63) is 94.8 Å². The lowest BCUT2D eigenvalue weighted by Crippen LogP contribution is -2.52. The summed E-state index contributed by atoms with van der Waals surface area (Å²) in [5.41, 5.74) is 3.54. The van der Waals surface area contributed by atoms with Crippen LogP contribution in [0.25, 0.3) is 0 Å². The third-order valence-corrected chi connectivity index (χ3v) is 8.03. The first kappa shape index (κ1) is 29.8. The number of sulfonamides is 1.